The highest BCUT2D eigenvalue weighted by Gasteiger charge is 2.17. The van der Waals surface area contributed by atoms with Gasteiger partial charge in [-0.15, -0.1) is 0 Å². The lowest BCUT2D eigenvalue weighted by Gasteiger charge is -2.26. The van der Waals surface area contributed by atoms with Gasteiger partial charge in [0.1, 0.15) is 0 Å². The molecular weight excluding hydrogens is 314 g/mol. The SMILES string of the molecule is CN(C)C(CNC(=O)N[C@H](CCO)c1ccccc1)c1ccccc1. The molecule has 0 heterocycles. The van der Waals surface area contributed by atoms with Crippen molar-refractivity contribution in [2.75, 3.05) is 27.2 Å². The number of hydrogen-bond acceptors (Lipinski definition) is 3. The molecule has 0 saturated heterocycles. The number of nitrogens with one attached hydrogen (secondary N) is 2. The van der Waals surface area contributed by atoms with E-state index in [4.69, 9.17) is 0 Å². The monoisotopic (exact) mass is 341 g/mol. The van der Waals surface area contributed by atoms with Gasteiger partial charge < -0.3 is 20.6 Å². The first kappa shape index (κ1) is 19.0. The van der Waals surface area contributed by atoms with Crippen molar-refractivity contribution in [3.05, 3.63) is 71.8 Å². The smallest absolute Gasteiger partial charge is 0.315 e. The Hall–Kier alpha value is -2.37. The summed E-state index contributed by atoms with van der Waals surface area (Å²) >= 11 is 0. The number of likely N-dealkylation sites (N-methyl/N-ethyl adjacent to an activating group) is 1. The van der Waals surface area contributed by atoms with Crippen LogP contribution in [0.4, 0.5) is 4.79 Å². The average Bonchev–Trinajstić information content (AvgIpc) is 2.63. The summed E-state index contributed by atoms with van der Waals surface area (Å²) in [6, 6.07) is 19.4. The molecule has 134 valence electrons. The summed E-state index contributed by atoms with van der Waals surface area (Å²) in [7, 11) is 3.99. The largest absolute Gasteiger partial charge is 0.396 e. The van der Waals surface area contributed by atoms with Crippen LogP contribution in [0.1, 0.15) is 29.6 Å². The number of amides is 2. The Morgan fingerprint density at radius 3 is 2.08 bits per heavy atom. The summed E-state index contributed by atoms with van der Waals surface area (Å²) in [5.41, 5.74) is 2.14. The van der Waals surface area contributed by atoms with Crippen molar-refractivity contribution in [3.8, 4) is 0 Å². The molecule has 1 unspecified atom stereocenters. The van der Waals surface area contributed by atoms with Crippen molar-refractivity contribution in [3.63, 3.8) is 0 Å². The molecule has 5 nitrogen and oxygen atoms in total. The molecule has 0 aliphatic heterocycles. The first-order chi connectivity index (χ1) is 12.1. The molecular formula is C20H27N3O2. The quantitative estimate of drug-likeness (QED) is 0.692. The molecule has 0 aromatic heterocycles. The Labute approximate surface area is 149 Å². The van der Waals surface area contributed by atoms with Gasteiger partial charge in [0, 0.05) is 13.2 Å². The Balaban J connectivity index is 1.95. The van der Waals surface area contributed by atoms with Crippen LogP contribution in [-0.4, -0.2) is 43.3 Å². The zero-order chi connectivity index (χ0) is 18.1. The highest BCUT2D eigenvalue weighted by atomic mass is 16.3. The van der Waals surface area contributed by atoms with Gasteiger partial charge in [-0.05, 0) is 31.6 Å². The van der Waals surface area contributed by atoms with E-state index < -0.39 is 0 Å². The highest BCUT2D eigenvalue weighted by molar-refractivity contribution is 5.74. The third-order valence-electron chi connectivity index (χ3n) is 4.19. The van der Waals surface area contributed by atoms with Gasteiger partial charge in [0.2, 0.25) is 0 Å². The van der Waals surface area contributed by atoms with E-state index in [2.05, 4.69) is 27.7 Å². The van der Waals surface area contributed by atoms with Crippen LogP contribution in [-0.2, 0) is 0 Å². The maximum Gasteiger partial charge on any atom is 0.315 e. The molecule has 0 radical (unpaired) electrons. The van der Waals surface area contributed by atoms with Gasteiger partial charge in [0.05, 0.1) is 12.1 Å². The third-order valence-corrected chi connectivity index (χ3v) is 4.19. The fourth-order valence-electron chi connectivity index (χ4n) is 2.81. The Morgan fingerprint density at radius 2 is 1.56 bits per heavy atom. The second-order valence-electron chi connectivity index (χ2n) is 6.22. The molecule has 25 heavy (non-hydrogen) atoms. The second-order valence-corrected chi connectivity index (χ2v) is 6.22. The number of aliphatic hydroxyl groups is 1. The Bertz CT molecular complexity index is 632. The molecule has 0 aliphatic rings. The van der Waals surface area contributed by atoms with E-state index >= 15 is 0 Å². The number of carbonyl (C=O) groups excluding carboxylic acids is 1. The standard InChI is InChI=1S/C20H27N3O2/c1-23(2)19(17-11-7-4-8-12-17)15-21-20(25)22-18(13-14-24)16-9-5-3-6-10-16/h3-12,18-19,24H,13-15H2,1-2H3,(H2,21,22,25)/t18-,19?/m1/s1. The molecule has 0 fully saturated rings. The fraction of sp³-hybridized carbons (Fsp3) is 0.350. The van der Waals surface area contributed by atoms with Crippen molar-refractivity contribution < 1.29 is 9.90 Å². The lowest BCUT2D eigenvalue weighted by Crippen LogP contribution is -2.42. The van der Waals surface area contributed by atoms with Gasteiger partial charge in [0.15, 0.2) is 0 Å². The fourth-order valence-corrected chi connectivity index (χ4v) is 2.81. The zero-order valence-corrected chi connectivity index (χ0v) is 14.9. The van der Waals surface area contributed by atoms with Crippen molar-refractivity contribution in [1.82, 2.24) is 15.5 Å². The van der Waals surface area contributed by atoms with E-state index in [-0.39, 0.29) is 24.7 Å². The maximum atomic E-state index is 12.3. The molecule has 2 atom stereocenters. The van der Waals surface area contributed by atoms with Crippen molar-refractivity contribution in [2.45, 2.75) is 18.5 Å². The minimum Gasteiger partial charge on any atom is -0.396 e. The van der Waals surface area contributed by atoms with Crippen LogP contribution < -0.4 is 10.6 Å². The van der Waals surface area contributed by atoms with Crippen molar-refractivity contribution in [1.29, 1.82) is 0 Å². The number of carbonyl (C=O) groups is 1. The molecule has 2 rings (SSSR count). The summed E-state index contributed by atoms with van der Waals surface area (Å²) in [6.45, 7) is 0.521. The minimum absolute atomic E-state index is 0.0180. The molecule has 5 heteroatoms. The summed E-state index contributed by atoms with van der Waals surface area (Å²) in [6.07, 6.45) is 0.479. The van der Waals surface area contributed by atoms with Gasteiger partial charge in [-0.1, -0.05) is 60.7 Å². The number of hydrogen-bond donors (Lipinski definition) is 3. The van der Waals surface area contributed by atoms with E-state index in [0.717, 1.165) is 11.1 Å². The highest BCUT2D eigenvalue weighted by Crippen LogP contribution is 2.18. The summed E-state index contributed by atoms with van der Waals surface area (Å²) in [4.78, 5) is 14.4. The predicted octanol–water partition coefficient (Wildman–Crippen LogP) is 2.71. The first-order valence-corrected chi connectivity index (χ1v) is 8.53. The lowest BCUT2D eigenvalue weighted by molar-refractivity contribution is 0.223. The van der Waals surface area contributed by atoms with Crippen LogP contribution in [0.15, 0.2) is 60.7 Å². The van der Waals surface area contributed by atoms with Crippen molar-refractivity contribution >= 4 is 6.03 Å². The van der Waals surface area contributed by atoms with Crippen molar-refractivity contribution in [2.24, 2.45) is 0 Å². The Morgan fingerprint density at radius 1 is 1.00 bits per heavy atom. The van der Waals surface area contributed by atoms with Crippen LogP contribution in [0.2, 0.25) is 0 Å². The Kier molecular flexibility index (Phi) is 7.44. The van der Waals surface area contributed by atoms with Gasteiger partial charge in [-0.3, -0.25) is 0 Å². The summed E-state index contributed by atoms with van der Waals surface area (Å²) in [5, 5.41) is 15.2. The number of aliphatic hydroxyl groups excluding tert-OH is 1. The third kappa shape index (κ3) is 5.89. The molecule has 0 aliphatic carbocycles. The predicted molar refractivity (Wildman–Crippen MR) is 100 cm³/mol. The molecule has 0 bridgehead atoms. The molecule has 0 spiro atoms. The van der Waals surface area contributed by atoms with Crippen LogP contribution in [0.3, 0.4) is 0 Å². The normalized spacial score (nSPS) is 13.3. The number of rotatable bonds is 8. The van der Waals surface area contributed by atoms with E-state index in [9.17, 15) is 9.90 Å². The van der Waals surface area contributed by atoms with Crippen LogP contribution in [0, 0.1) is 0 Å². The summed E-state index contributed by atoms with van der Waals surface area (Å²) in [5.74, 6) is 0. The topological polar surface area (TPSA) is 64.6 Å². The maximum absolute atomic E-state index is 12.3. The number of benzene rings is 2. The van der Waals surface area contributed by atoms with Gasteiger partial charge in [-0.2, -0.15) is 0 Å². The molecule has 2 amide bonds. The molecule has 3 N–H and O–H groups in total. The van der Waals surface area contributed by atoms with Crippen LogP contribution in [0.5, 0.6) is 0 Å². The van der Waals surface area contributed by atoms with Gasteiger partial charge >= 0.3 is 6.03 Å². The first-order valence-electron chi connectivity index (χ1n) is 8.53. The van der Waals surface area contributed by atoms with Crippen LogP contribution in [0.25, 0.3) is 0 Å². The number of nitrogens with zero attached hydrogens (tertiary/aromatic N) is 1. The van der Waals surface area contributed by atoms with Crippen LogP contribution >= 0.6 is 0 Å². The van der Waals surface area contributed by atoms with Gasteiger partial charge in [-0.25, -0.2) is 4.79 Å². The second kappa shape index (κ2) is 9.81. The van der Waals surface area contributed by atoms with E-state index in [0.29, 0.717) is 13.0 Å². The van der Waals surface area contributed by atoms with E-state index in [1.807, 2.05) is 62.6 Å². The molecule has 0 saturated carbocycles. The summed E-state index contributed by atoms with van der Waals surface area (Å²) < 4.78 is 0. The lowest BCUT2D eigenvalue weighted by atomic mass is 10.0. The van der Waals surface area contributed by atoms with Gasteiger partial charge in [0.25, 0.3) is 0 Å². The minimum atomic E-state index is -0.231. The molecule has 2 aromatic carbocycles. The molecule has 2 aromatic rings. The van der Waals surface area contributed by atoms with E-state index in [1.54, 1.807) is 0 Å². The van der Waals surface area contributed by atoms with E-state index in [1.165, 1.54) is 0 Å². The average molecular weight is 341 g/mol. The zero-order valence-electron chi connectivity index (χ0n) is 14.9. The number of urea groups is 1.